The Kier molecular flexibility index (Phi) is 4.32. The molecule has 1 saturated carbocycles. The lowest BCUT2D eigenvalue weighted by molar-refractivity contribution is -0.135. The summed E-state index contributed by atoms with van der Waals surface area (Å²) >= 11 is 0. The van der Waals surface area contributed by atoms with Crippen LogP contribution in [-0.4, -0.2) is 60.0 Å². The van der Waals surface area contributed by atoms with Crippen LogP contribution in [0.5, 0.6) is 0 Å². The maximum absolute atomic E-state index is 12.0. The Bertz CT molecular complexity index is 346. The summed E-state index contributed by atoms with van der Waals surface area (Å²) in [5, 5.41) is 3.84. The highest BCUT2D eigenvalue weighted by Gasteiger charge is 2.35. The van der Waals surface area contributed by atoms with Crippen LogP contribution in [0.25, 0.3) is 0 Å². The second-order valence-electron chi connectivity index (χ2n) is 7.13. The van der Waals surface area contributed by atoms with E-state index in [0.29, 0.717) is 18.0 Å². The predicted molar refractivity (Wildman–Crippen MR) is 80.6 cm³/mol. The summed E-state index contributed by atoms with van der Waals surface area (Å²) < 4.78 is 0. The third-order valence-electron chi connectivity index (χ3n) is 5.05. The average Bonchev–Trinajstić information content (AvgIpc) is 3.20. The molecule has 0 radical (unpaired) electrons. The third kappa shape index (κ3) is 3.34. The van der Waals surface area contributed by atoms with Crippen LogP contribution in [0.1, 0.15) is 46.0 Å². The van der Waals surface area contributed by atoms with Gasteiger partial charge in [-0.25, -0.2) is 0 Å². The van der Waals surface area contributed by atoms with Crippen LogP contribution < -0.4 is 5.32 Å². The van der Waals surface area contributed by atoms with E-state index in [9.17, 15) is 4.79 Å². The van der Waals surface area contributed by atoms with Crippen molar-refractivity contribution in [3.8, 4) is 0 Å². The van der Waals surface area contributed by atoms with Crippen LogP contribution >= 0.6 is 0 Å². The number of nitrogens with one attached hydrogen (secondary N) is 1. The number of rotatable bonds is 4. The summed E-state index contributed by atoms with van der Waals surface area (Å²) in [7, 11) is 0. The summed E-state index contributed by atoms with van der Waals surface area (Å²) in [5.74, 6) is 0.464. The van der Waals surface area contributed by atoms with Gasteiger partial charge in [0, 0.05) is 50.2 Å². The molecule has 1 N–H and O–H groups in total. The van der Waals surface area contributed by atoms with Gasteiger partial charge in [-0.15, -0.1) is 0 Å². The Hall–Kier alpha value is -0.610. The molecule has 1 unspecified atom stereocenters. The molecule has 4 nitrogen and oxygen atoms in total. The van der Waals surface area contributed by atoms with Crippen molar-refractivity contribution in [2.45, 2.75) is 64.1 Å². The van der Waals surface area contributed by atoms with E-state index >= 15 is 0 Å². The van der Waals surface area contributed by atoms with Gasteiger partial charge in [0.1, 0.15) is 0 Å². The maximum atomic E-state index is 12.0. The molecule has 0 aromatic rings. The molecule has 4 heteroatoms. The highest BCUT2D eigenvalue weighted by molar-refractivity contribution is 5.78. The first-order valence-electron chi connectivity index (χ1n) is 8.42. The number of nitrogens with zero attached hydrogens (tertiary/aromatic N) is 2. The summed E-state index contributed by atoms with van der Waals surface area (Å²) in [6.45, 7) is 8.40. The molecule has 3 rings (SSSR count). The number of hydrogen-bond donors (Lipinski definition) is 1. The van der Waals surface area contributed by atoms with Gasteiger partial charge in [-0.05, 0) is 32.1 Å². The van der Waals surface area contributed by atoms with E-state index in [4.69, 9.17) is 0 Å². The van der Waals surface area contributed by atoms with Gasteiger partial charge in [-0.2, -0.15) is 0 Å². The molecular weight excluding hydrogens is 250 g/mol. The number of hydrogen-bond acceptors (Lipinski definition) is 3. The second-order valence-corrected chi connectivity index (χ2v) is 7.13. The van der Waals surface area contributed by atoms with Crippen LogP contribution in [0.3, 0.4) is 0 Å². The Morgan fingerprint density at radius 1 is 1.00 bits per heavy atom. The largest absolute Gasteiger partial charge is 0.342 e. The minimum Gasteiger partial charge on any atom is -0.342 e. The maximum Gasteiger partial charge on any atom is 0.225 e. The van der Waals surface area contributed by atoms with Crippen molar-refractivity contribution in [2.24, 2.45) is 5.92 Å². The Morgan fingerprint density at radius 3 is 2.25 bits per heavy atom. The van der Waals surface area contributed by atoms with Crippen molar-refractivity contribution in [3.63, 3.8) is 0 Å². The topological polar surface area (TPSA) is 35.6 Å². The minimum absolute atomic E-state index is 0.140. The molecular formula is C16H29N3O. The van der Waals surface area contributed by atoms with Gasteiger partial charge < -0.3 is 10.2 Å². The van der Waals surface area contributed by atoms with Crippen molar-refractivity contribution in [2.75, 3.05) is 26.2 Å². The van der Waals surface area contributed by atoms with Gasteiger partial charge in [-0.1, -0.05) is 13.8 Å². The normalized spacial score (nSPS) is 29.4. The molecule has 1 amide bonds. The standard InChI is InChI=1S/C16H29N3O/c1-12(2)16(20)18-8-5-13(6-9-18)17-14-7-10-19(11-14)15-3-4-15/h12-15,17H,3-11H2,1-2H3. The van der Waals surface area contributed by atoms with Crippen molar-refractivity contribution >= 4 is 5.91 Å². The molecule has 0 aromatic carbocycles. The number of likely N-dealkylation sites (tertiary alicyclic amines) is 2. The molecule has 1 aliphatic carbocycles. The monoisotopic (exact) mass is 279 g/mol. The number of carbonyl (C=O) groups is 1. The summed E-state index contributed by atoms with van der Waals surface area (Å²) in [6.07, 6.45) is 6.39. The van der Waals surface area contributed by atoms with Gasteiger partial charge in [0.15, 0.2) is 0 Å². The molecule has 3 fully saturated rings. The molecule has 114 valence electrons. The van der Waals surface area contributed by atoms with Crippen LogP contribution in [0, 0.1) is 5.92 Å². The van der Waals surface area contributed by atoms with Gasteiger partial charge in [0.25, 0.3) is 0 Å². The Labute approximate surface area is 122 Å². The van der Waals surface area contributed by atoms with Crippen molar-refractivity contribution < 1.29 is 4.79 Å². The van der Waals surface area contributed by atoms with E-state index in [2.05, 4.69) is 10.2 Å². The van der Waals surface area contributed by atoms with Crippen LogP contribution in [0.15, 0.2) is 0 Å². The van der Waals surface area contributed by atoms with Crippen LogP contribution in [-0.2, 0) is 4.79 Å². The fourth-order valence-electron chi connectivity index (χ4n) is 3.66. The zero-order valence-electron chi connectivity index (χ0n) is 13.0. The van der Waals surface area contributed by atoms with Crippen LogP contribution in [0.4, 0.5) is 0 Å². The smallest absolute Gasteiger partial charge is 0.225 e. The van der Waals surface area contributed by atoms with E-state index < -0.39 is 0 Å². The number of piperidine rings is 1. The van der Waals surface area contributed by atoms with Gasteiger partial charge >= 0.3 is 0 Å². The first kappa shape index (κ1) is 14.3. The zero-order chi connectivity index (χ0) is 14.1. The average molecular weight is 279 g/mol. The van der Waals surface area contributed by atoms with E-state index in [1.54, 1.807) is 0 Å². The van der Waals surface area contributed by atoms with E-state index in [1.807, 2.05) is 18.7 Å². The molecule has 0 spiro atoms. The first-order valence-corrected chi connectivity index (χ1v) is 8.42. The van der Waals surface area contributed by atoms with Crippen molar-refractivity contribution in [1.29, 1.82) is 0 Å². The fraction of sp³-hybridized carbons (Fsp3) is 0.938. The molecule has 2 aliphatic heterocycles. The van der Waals surface area contributed by atoms with E-state index in [1.165, 1.54) is 32.4 Å². The van der Waals surface area contributed by atoms with Crippen LogP contribution in [0.2, 0.25) is 0 Å². The van der Waals surface area contributed by atoms with Crippen molar-refractivity contribution in [1.82, 2.24) is 15.1 Å². The molecule has 0 aromatic heterocycles. The zero-order valence-corrected chi connectivity index (χ0v) is 13.0. The summed E-state index contributed by atoms with van der Waals surface area (Å²) in [6, 6.07) is 2.22. The molecule has 20 heavy (non-hydrogen) atoms. The van der Waals surface area contributed by atoms with Gasteiger partial charge in [-0.3, -0.25) is 9.69 Å². The van der Waals surface area contributed by atoms with E-state index in [0.717, 1.165) is 32.0 Å². The van der Waals surface area contributed by atoms with Gasteiger partial charge in [0.05, 0.1) is 0 Å². The first-order chi connectivity index (χ1) is 9.63. The third-order valence-corrected chi connectivity index (χ3v) is 5.05. The highest BCUT2D eigenvalue weighted by Crippen LogP contribution is 2.30. The van der Waals surface area contributed by atoms with E-state index in [-0.39, 0.29) is 5.92 Å². The molecule has 0 bridgehead atoms. The van der Waals surface area contributed by atoms with Crippen molar-refractivity contribution in [3.05, 3.63) is 0 Å². The Balaban J connectivity index is 1.39. The molecule has 3 aliphatic rings. The summed E-state index contributed by atoms with van der Waals surface area (Å²) in [4.78, 5) is 16.7. The lowest BCUT2D eigenvalue weighted by atomic mass is 10.0. The summed E-state index contributed by atoms with van der Waals surface area (Å²) in [5.41, 5.74) is 0. The quantitative estimate of drug-likeness (QED) is 0.846. The highest BCUT2D eigenvalue weighted by atomic mass is 16.2. The minimum atomic E-state index is 0.140. The predicted octanol–water partition coefficient (Wildman–Crippen LogP) is 1.46. The molecule has 2 saturated heterocycles. The lowest BCUT2D eigenvalue weighted by Gasteiger charge is -2.34. The number of amides is 1. The SMILES string of the molecule is CC(C)C(=O)N1CCC(NC2CCN(C3CC3)C2)CC1. The van der Waals surface area contributed by atoms with Gasteiger partial charge in [0.2, 0.25) is 5.91 Å². The fourth-order valence-corrected chi connectivity index (χ4v) is 3.66. The number of carbonyl (C=O) groups excluding carboxylic acids is 1. The molecule has 1 atom stereocenters. The second kappa shape index (κ2) is 6.02. The molecule has 2 heterocycles. The lowest BCUT2D eigenvalue weighted by Crippen LogP contribution is -2.49. The Morgan fingerprint density at radius 2 is 1.65 bits per heavy atom.